The third kappa shape index (κ3) is 4.66. The van der Waals surface area contributed by atoms with Crippen LogP contribution in [0.4, 0.5) is 15.8 Å². The normalized spacial score (nSPS) is 16.5. The van der Waals surface area contributed by atoms with Gasteiger partial charge in [-0.2, -0.15) is 0 Å². The molecule has 2 aromatic rings. The summed E-state index contributed by atoms with van der Waals surface area (Å²) in [5, 5.41) is 2.57. The summed E-state index contributed by atoms with van der Waals surface area (Å²) in [7, 11) is 0. The predicted octanol–water partition coefficient (Wildman–Crippen LogP) is 4.37. The maximum atomic E-state index is 13.9. The lowest BCUT2D eigenvalue weighted by Gasteiger charge is -2.17. The van der Waals surface area contributed by atoms with Crippen LogP contribution in [-0.4, -0.2) is 25.0 Å². The van der Waals surface area contributed by atoms with Crippen LogP contribution in [-0.2, 0) is 9.59 Å². The number of amides is 2. The zero-order valence-electron chi connectivity index (χ0n) is 14.9. The molecule has 1 N–H and O–H groups in total. The third-order valence-corrected chi connectivity index (χ3v) is 4.80. The van der Waals surface area contributed by atoms with Crippen LogP contribution in [0, 0.1) is 11.7 Å². The summed E-state index contributed by atoms with van der Waals surface area (Å²) in [6.45, 7) is 2.93. The Bertz CT molecular complexity index is 842. The highest BCUT2D eigenvalue weighted by molar-refractivity contribution is 9.10. The largest absolute Gasteiger partial charge is 0.494 e. The van der Waals surface area contributed by atoms with Crippen molar-refractivity contribution < 1.29 is 18.7 Å². The fraction of sp³-hybridized carbons (Fsp3) is 0.300. The molecule has 0 aliphatic carbocycles. The van der Waals surface area contributed by atoms with Crippen LogP contribution < -0.4 is 15.0 Å². The second-order valence-electron chi connectivity index (χ2n) is 6.36. The fourth-order valence-electron chi connectivity index (χ4n) is 2.90. The molecule has 27 heavy (non-hydrogen) atoms. The van der Waals surface area contributed by atoms with Crippen LogP contribution in [0.5, 0.6) is 5.75 Å². The summed E-state index contributed by atoms with van der Waals surface area (Å²) < 4.78 is 20.0. The third-order valence-electron chi connectivity index (χ3n) is 4.31. The highest BCUT2D eigenvalue weighted by Crippen LogP contribution is 2.28. The van der Waals surface area contributed by atoms with Crippen molar-refractivity contribution in [2.75, 3.05) is 23.4 Å². The lowest BCUT2D eigenvalue weighted by molar-refractivity contribution is -0.122. The smallest absolute Gasteiger partial charge is 0.229 e. The molecule has 2 aromatic carbocycles. The van der Waals surface area contributed by atoms with E-state index in [9.17, 15) is 14.0 Å². The summed E-state index contributed by atoms with van der Waals surface area (Å²) in [5.41, 5.74) is 0.820. The molecule has 3 rings (SSSR count). The van der Waals surface area contributed by atoms with E-state index >= 15 is 0 Å². The Labute approximate surface area is 165 Å². The molecule has 5 nitrogen and oxygen atoms in total. The Morgan fingerprint density at radius 3 is 2.70 bits per heavy atom. The van der Waals surface area contributed by atoms with Gasteiger partial charge in [-0.1, -0.05) is 22.9 Å². The van der Waals surface area contributed by atoms with Crippen LogP contribution in [0.1, 0.15) is 19.8 Å². The van der Waals surface area contributed by atoms with E-state index in [2.05, 4.69) is 21.2 Å². The Kier molecular flexibility index (Phi) is 6.11. The number of nitrogens with one attached hydrogen (secondary N) is 1. The molecule has 2 amide bonds. The Morgan fingerprint density at radius 1 is 1.30 bits per heavy atom. The van der Waals surface area contributed by atoms with Gasteiger partial charge in [-0.3, -0.25) is 9.59 Å². The van der Waals surface area contributed by atoms with Gasteiger partial charge in [0.1, 0.15) is 11.6 Å². The average Bonchev–Trinajstić information content (AvgIpc) is 3.04. The molecule has 1 aliphatic rings. The van der Waals surface area contributed by atoms with Crippen LogP contribution in [0.15, 0.2) is 46.9 Å². The molecule has 1 fully saturated rings. The second-order valence-corrected chi connectivity index (χ2v) is 7.28. The summed E-state index contributed by atoms with van der Waals surface area (Å²) in [4.78, 5) is 26.4. The van der Waals surface area contributed by atoms with Crippen LogP contribution in [0.2, 0.25) is 0 Å². The number of carbonyl (C=O) groups is 2. The predicted molar refractivity (Wildman–Crippen MR) is 105 cm³/mol. The van der Waals surface area contributed by atoms with Gasteiger partial charge in [0.15, 0.2) is 0 Å². The van der Waals surface area contributed by atoms with E-state index in [0.29, 0.717) is 16.8 Å². The molecular formula is C20H20BrFN2O3. The van der Waals surface area contributed by atoms with Gasteiger partial charge in [0.2, 0.25) is 11.8 Å². The number of hydrogen-bond donors (Lipinski definition) is 1. The second kappa shape index (κ2) is 8.52. The summed E-state index contributed by atoms with van der Waals surface area (Å²) in [5.74, 6) is -0.811. The zero-order chi connectivity index (χ0) is 19.4. The lowest BCUT2D eigenvalue weighted by Crippen LogP contribution is -2.28. The van der Waals surface area contributed by atoms with Gasteiger partial charge in [0.05, 0.1) is 18.2 Å². The Balaban J connectivity index is 1.65. The molecule has 1 aliphatic heterocycles. The molecule has 0 radical (unpaired) electrons. The topological polar surface area (TPSA) is 58.6 Å². The van der Waals surface area contributed by atoms with Crippen molar-refractivity contribution in [3.8, 4) is 5.75 Å². The SMILES string of the molecule is CCCOc1ccc(N2C[C@H](C(=O)Nc3ccc(Br)cc3F)CC2=O)cc1. The fourth-order valence-corrected chi connectivity index (χ4v) is 3.23. The van der Waals surface area contributed by atoms with Crippen molar-refractivity contribution in [3.63, 3.8) is 0 Å². The van der Waals surface area contributed by atoms with Crippen LogP contribution >= 0.6 is 15.9 Å². The molecule has 0 spiro atoms. The summed E-state index contributed by atoms with van der Waals surface area (Å²) >= 11 is 3.18. The van der Waals surface area contributed by atoms with E-state index in [1.807, 2.05) is 19.1 Å². The van der Waals surface area contributed by atoms with Gasteiger partial charge >= 0.3 is 0 Å². The van der Waals surface area contributed by atoms with E-state index in [1.165, 1.54) is 12.1 Å². The van der Waals surface area contributed by atoms with Crippen LogP contribution in [0.3, 0.4) is 0 Å². The lowest BCUT2D eigenvalue weighted by atomic mass is 10.1. The standard InChI is InChI=1S/C20H20BrFN2O3/c1-2-9-27-16-6-4-15(5-7-16)24-12-13(10-19(24)25)20(26)23-18-8-3-14(21)11-17(18)22/h3-8,11,13H,2,9-10,12H2,1H3,(H,23,26)/t13-/m1/s1. The summed E-state index contributed by atoms with van der Waals surface area (Å²) in [6.07, 6.45) is 1.01. The minimum Gasteiger partial charge on any atom is -0.494 e. The number of benzene rings is 2. The number of hydrogen-bond acceptors (Lipinski definition) is 3. The maximum absolute atomic E-state index is 13.9. The average molecular weight is 435 g/mol. The first-order chi connectivity index (χ1) is 13.0. The van der Waals surface area contributed by atoms with E-state index in [0.717, 1.165) is 12.2 Å². The monoisotopic (exact) mass is 434 g/mol. The number of anilines is 2. The minimum absolute atomic E-state index is 0.0953. The molecule has 0 saturated carbocycles. The van der Waals surface area contributed by atoms with Crippen molar-refractivity contribution in [2.45, 2.75) is 19.8 Å². The van der Waals surface area contributed by atoms with E-state index < -0.39 is 11.7 Å². The molecular weight excluding hydrogens is 415 g/mol. The molecule has 1 heterocycles. The number of halogens is 2. The number of rotatable bonds is 6. The van der Waals surface area contributed by atoms with Gasteiger partial charge in [0, 0.05) is 23.1 Å². The van der Waals surface area contributed by atoms with Crippen molar-refractivity contribution in [2.24, 2.45) is 5.92 Å². The number of nitrogens with zero attached hydrogens (tertiary/aromatic N) is 1. The molecule has 1 saturated heterocycles. The Morgan fingerprint density at radius 2 is 2.04 bits per heavy atom. The van der Waals surface area contributed by atoms with Crippen molar-refractivity contribution in [1.82, 2.24) is 0 Å². The highest BCUT2D eigenvalue weighted by atomic mass is 79.9. The number of ether oxygens (including phenoxy) is 1. The Hall–Kier alpha value is -2.41. The first-order valence-electron chi connectivity index (χ1n) is 8.77. The van der Waals surface area contributed by atoms with Gasteiger partial charge in [0.25, 0.3) is 0 Å². The summed E-state index contributed by atoms with van der Waals surface area (Å²) in [6, 6.07) is 11.6. The molecule has 0 unspecified atom stereocenters. The molecule has 0 bridgehead atoms. The molecule has 1 atom stereocenters. The van der Waals surface area contributed by atoms with Gasteiger partial charge in [-0.25, -0.2) is 4.39 Å². The van der Waals surface area contributed by atoms with Crippen molar-refractivity contribution >= 4 is 39.1 Å². The number of carbonyl (C=O) groups excluding carboxylic acids is 2. The minimum atomic E-state index is -0.531. The highest BCUT2D eigenvalue weighted by Gasteiger charge is 2.35. The van der Waals surface area contributed by atoms with E-state index in [1.54, 1.807) is 23.1 Å². The van der Waals surface area contributed by atoms with Crippen molar-refractivity contribution in [1.29, 1.82) is 0 Å². The molecule has 142 valence electrons. The van der Waals surface area contributed by atoms with Gasteiger partial charge in [-0.15, -0.1) is 0 Å². The molecule has 7 heteroatoms. The van der Waals surface area contributed by atoms with Crippen LogP contribution in [0.25, 0.3) is 0 Å². The van der Waals surface area contributed by atoms with E-state index in [-0.39, 0.29) is 30.5 Å². The van der Waals surface area contributed by atoms with Crippen molar-refractivity contribution in [3.05, 3.63) is 52.8 Å². The molecule has 0 aromatic heterocycles. The van der Waals surface area contributed by atoms with Gasteiger partial charge < -0.3 is 15.0 Å². The quantitative estimate of drug-likeness (QED) is 0.734. The maximum Gasteiger partial charge on any atom is 0.229 e. The first kappa shape index (κ1) is 19.4. The zero-order valence-corrected chi connectivity index (χ0v) is 16.5. The van der Waals surface area contributed by atoms with E-state index in [4.69, 9.17) is 4.74 Å². The first-order valence-corrected chi connectivity index (χ1v) is 9.56. The van der Waals surface area contributed by atoms with Gasteiger partial charge in [-0.05, 0) is 48.9 Å².